The fourth-order valence-corrected chi connectivity index (χ4v) is 9.08. The third kappa shape index (κ3) is 4.99. The molecule has 8 aromatic rings. The topological polar surface area (TPSA) is 3.24 Å². The largest absolute Gasteiger partial charge is 0.311 e. The minimum Gasteiger partial charge on any atom is -0.311 e. The molecule has 0 unspecified atom stereocenters. The van der Waals surface area contributed by atoms with Crippen molar-refractivity contribution in [3.63, 3.8) is 0 Å². The molecule has 2 heteroatoms. The molecular weight excluding hydrogens is 611 g/mol. The first kappa shape index (κ1) is 29.4. The summed E-state index contributed by atoms with van der Waals surface area (Å²) in [7, 11) is 0. The fourth-order valence-electron chi connectivity index (χ4n) is 7.64. The second kappa shape index (κ2) is 11.8. The summed E-state index contributed by atoms with van der Waals surface area (Å²) in [4.78, 5) is 3.77. The second-order valence-corrected chi connectivity index (χ2v) is 14.4. The van der Waals surface area contributed by atoms with Crippen LogP contribution in [-0.4, -0.2) is 0 Å². The van der Waals surface area contributed by atoms with Gasteiger partial charge in [0.2, 0.25) is 0 Å². The van der Waals surface area contributed by atoms with Crippen LogP contribution in [0.5, 0.6) is 0 Å². The van der Waals surface area contributed by atoms with E-state index in [1.165, 1.54) is 65.0 Å². The van der Waals surface area contributed by atoms with Gasteiger partial charge in [0.15, 0.2) is 0 Å². The summed E-state index contributed by atoms with van der Waals surface area (Å²) in [5.41, 5.74) is 15.0. The third-order valence-electron chi connectivity index (χ3n) is 10.1. The lowest BCUT2D eigenvalue weighted by Crippen LogP contribution is -2.14. The van der Waals surface area contributed by atoms with E-state index in [-0.39, 0.29) is 5.41 Å². The molecule has 234 valence electrons. The Bertz CT molecular complexity index is 2340. The number of hydrogen-bond acceptors (Lipinski definition) is 2. The Morgan fingerprint density at radius 3 is 1.45 bits per heavy atom. The van der Waals surface area contributed by atoms with Crippen LogP contribution in [0.2, 0.25) is 0 Å². The molecule has 1 aliphatic rings. The van der Waals surface area contributed by atoms with Crippen LogP contribution in [0.1, 0.15) is 25.0 Å². The van der Waals surface area contributed by atoms with Gasteiger partial charge in [-0.05, 0) is 92.4 Å². The average molecular weight is 646 g/mol. The molecule has 0 fully saturated rings. The molecule has 0 spiro atoms. The zero-order chi connectivity index (χ0) is 33.0. The van der Waals surface area contributed by atoms with Gasteiger partial charge in [-0.3, -0.25) is 0 Å². The monoisotopic (exact) mass is 645 g/mol. The second-order valence-electron chi connectivity index (χ2n) is 13.4. The summed E-state index contributed by atoms with van der Waals surface area (Å²) >= 11 is 1.93. The van der Waals surface area contributed by atoms with Gasteiger partial charge in [0.25, 0.3) is 0 Å². The van der Waals surface area contributed by atoms with Crippen molar-refractivity contribution in [2.75, 3.05) is 4.90 Å². The lowest BCUT2D eigenvalue weighted by molar-refractivity contribution is 0.667. The Balaban J connectivity index is 1.13. The molecule has 1 aromatic heterocycles. The molecular formula is C47H35NS. The molecule has 1 aliphatic carbocycles. The maximum atomic E-state index is 2.38. The quantitative estimate of drug-likeness (QED) is 0.174. The van der Waals surface area contributed by atoms with Gasteiger partial charge in [0, 0.05) is 37.6 Å². The summed E-state index contributed by atoms with van der Waals surface area (Å²) in [6.45, 7) is 4.77. The van der Waals surface area contributed by atoms with Gasteiger partial charge < -0.3 is 4.90 Å². The molecule has 0 aliphatic heterocycles. The molecule has 0 saturated heterocycles. The minimum atomic E-state index is -0.0468. The summed E-state index contributed by atoms with van der Waals surface area (Å²) in [5, 5.41) is 1.39. The molecule has 0 N–H and O–H groups in total. The van der Waals surface area contributed by atoms with Crippen molar-refractivity contribution < 1.29 is 0 Å². The fraction of sp³-hybridized carbons (Fsp3) is 0.0638. The highest BCUT2D eigenvalue weighted by molar-refractivity contribution is 7.22. The molecule has 9 rings (SSSR count). The number of anilines is 3. The van der Waals surface area contributed by atoms with Crippen molar-refractivity contribution in [1.29, 1.82) is 0 Å². The standard InChI is InChI=1S/C47H35NS/c1-47(2)42-18-11-17-40(44(42)46-45(47)41-16-9-10-19-43(41)49-46)36-24-30-39(31-25-36)48(37-26-20-34(21-27-37)32-12-5-3-6-13-32)38-28-22-35(23-29-38)33-14-7-4-8-15-33/h3-31H,1-2H3. The van der Waals surface area contributed by atoms with Crippen LogP contribution < -0.4 is 4.90 Å². The first-order valence-corrected chi connectivity index (χ1v) is 17.8. The number of thiophene rings is 1. The van der Waals surface area contributed by atoms with Crippen LogP contribution in [0.3, 0.4) is 0 Å². The summed E-state index contributed by atoms with van der Waals surface area (Å²) in [5.74, 6) is 0. The smallest absolute Gasteiger partial charge is 0.0462 e. The number of nitrogens with zero attached hydrogens (tertiary/aromatic N) is 1. The normalized spacial score (nSPS) is 12.9. The van der Waals surface area contributed by atoms with Crippen LogP contribution in [0.15, 0.2) is 176 Å². The molecule has 49 heavy (non-hydrogen) atoms. The van der Waals surface area contributed by atoms with Crippen LogP contribution in [0, 0.1) is 0 Å². The number of hydrogen-bond donors (Lipinski definition) is 0. The lowest BCUT2D eigenvalue weighted by atomic mass is 9.81. The minimum absolute atomic E-state index is 0.0468. The van der Waals surface area contributed by atoms with Crippen LogP contribution in [0.4, 0.5) is 17.1 Å². The van der Waals surface area contributed by atoms with Crippen molar-refractivity contribution >= 4 is 38.5 Å². The van der Waals surface area contributed by atoms with Gasteiger partial charge in [-0.2, -0.15) is 0 Å². The highest BCUT2D eigenvalue weighted by Gasteiger charge is 2.39. The first-order valence-electron chi connectivity index (χ1n) is 16.9. The van der Waals surface area contributed by atoms with Crippen molar-refractivity contribution in [2.24, 2.45) is 0 Å². The molecule has 0 saturated carbocycles. The third-order valence-corrected chi connectivity index (χ3v) is 11.3. The zero-order valence-corrected chi connectivity index (χ0v) is 28.4. The number of rotatable bonds is 6. The predicted molar refractivity (Wildman–Crippen MR) is 210 cm³/mol. The van der Waals surface area contributed by atoms with Gasteiger partial charge in [0.1, 0.15) is 0 Å². The van der Waals surface area contributed by atoms with Crippen molar-refractivity contribution in [3.05, 3.63) is 187 Å². The Hall–Kier alpha value is -5.70. The molecule has 1 nitrogen and oxygen atoms in total. The van der Waals surface area contributed by atoms with E-state index in [0.29, 0.717) is 0 Å². The van der Waals surface area contributed by atoms with Gasteiger partial charge >= 0.3 is 0 Å². The van der Waals surface area contributed by atoms with E-state index in [4.69, 9.17) is 0 Å². The molecule has 0 atom stereocenters. The van der Waals surface area contributed by atoms with E-state index in [0.717, 1.165) is 17.1 Å². The highest BCUT2D eigenvalue weighted by Crippen LogP contribution is 2.57. The Morgan fingerprint density at radius 1 is 0.429 bits per heavy atom. The zero-order valence-electron chi connectivity index (χ0n) is 27.6. The first-order chi connectivity index (χ1) is 24.1. The van der Waals surface area contributed by atoms with Gasteiger partial charge in [-0.1, -0.05) is 147 Å². The maximum Gasteiger partial charge on any atom is 0.0462 e. The number of benzene rings is 7. The van der Waals surface area contributed by atoms with E-state index in [2.05, 4.69) is 195 Å². The Morgan fingerprint density at radius 2 is 0.898 bits per heavy atom. The summed E-state index contributed by atoms with van der Waals surface area (Å²) in [6.07, 6.45) is 0. The van der Waals surface area contributed by atoms with Gasteiger partial charge in [-0.25, -0.2) is 0 Å². The average Bonchev–Trinajstić information content (AvgIpc) is 3.66. The van der Waals surface area contributed by atoms with Crippen LogP contribution in [0.25, 0.3) is 53.9 Å². The van der Waals surface area contributed by atoms with Crippen LogP contribution >= 0.6 is 11.3 Å². The van der Waals surface area contributed by atoms with E-state index in [1.807, 2.05) is 11.3 Å². The van der Waals surface area contributed by atoms with E-state index in [9.17, 15) is 0 Å². The molecule has 0 bridgehead atoms. The molecule has 1 heterocycles. The highest BCUT2D eigenvalue weighted by atomic mass is 32.1. The lowest BCUT2D eigenvalue weighted by Gasteiger charge is -2.26. The Kier molecular flexibility index (Phi) is 7.07. The predicted octanol–water partition coefficient (Wildman–Crippen LogP) is 13.7. The molecule has 0 radical (unpaired) electrons. The number of fused-ring (bicyclic) bond motifs is 5. The van der Waals surface area contributed by atoms with E-state index < -0.39 is 0 Å². The van der Waals surface area contributed by atoms with Crippen molar-refractivity contribution in [2.45, 2.75) is 19.3 Å². The van der Waals surface area contributed by atoms with Gasteiger partial charge in [-0.15, -0.1) is 11.3 Å². The van der Waals surface area contributed by atoms with Crippen LogP contribution in [-0.2, 0) is 5.41 Å². The SMILES string of the molecule is CC1(C)c2cccc(-c3ccc(N(c4ccc(-c5ccccc5)cc4)c4ccc(-c5ccccc5)cc4)cc3)c2-c2sc3ccccc3c21. The Labute approximate surface area is 292 Å². The summed E-state index contributed by atoms with van der Waals surface area (Å²) in [6, 6.07) is 63.9. The van der Waals surface area contributed by atoms with E-state index >= 15 is 0 Å². The molecule has 0 amide bonds. The van der Waals surface area contributed by atoms with E-state index in [1.54, 1.807) is 0 Å². The van der Waals surface area contributed by atoms with Crippen molar-refractivity contribution in [3.8, 4) is 43.8 Å². The molecule has 7 aromatic carbocycles. The van der Waals surface area contributed by atoms with Crippen molar-refractivity contribution in [1.82, 2.24) is 0 Å². The maximum absolute atomic E-state index is 2.38. The summed E-state index contributed by atoms with van der Waals surface area (Å²) < 4.78 is 1.36. The van der Waals surface area contributed by atoms with Gasteiger partial charge in [0.05, 0.1) is 0 Å².